The molecule has 3 rings (SSSR count). The predicted molar refractivity (Wildman–Crippen MR) is 91.5 cm³/mol. The highest BCUT2D eigenvalue weighted by Gasteiger charge is 2.29. The predicted octanol–water partition coefficient (Wildman–Crippen LogP) is 1.05. The zero-order chi connectivity index (χ0) is 16.8. The molecule has 2 aliphatic heterocycles. The number of carbonyl (C=O) groups excluding carboxylic acids is 2. The van der Waals surface area contributed by atoms with Gasteiger partial charge in [-0.1, -0.05) is 19.3 Å². The van der Waals surface area contributed by atoms with Crippen LogP contribution in [0.5, 0.6) is 0 Å². The van der Waals surface area contributed by atoms with Crippen LogP contribution in [-0.2, 0) is 14.3 Å². The van der Waals surface area contributed by atoms with Crippen molar-refractivity contribution in [3.8, 4) is 0 Å². The Kier molecular flexibility index (Phi) is 6.49. The summed E-state index contributed by atoms with van der Waals surface area (Å²) in [6.07, 6.45) is 8.09. The van der Waals surface area contributed by atoms with Crippen molar-refractivity contribution in [2.75, 3.05) is 32.8 Å². The van der Waals surface area contributed by atoms with E-state index in [-0.39, 0.29) is 23.8 Å². The Hall–Kier alpha value is -1.14. The molecule has 0 aromatic rings. The molecule has 3 aliphatic rings. The van der Waals surface area contributed by atoms with Crippen molar-refractivity contribution in [1.29, 1.82) is 0 Å². The van der Waals surface area contributed by atoms with Crippen LogP contribution in [0, 0.1) is 5.92 Å². The summed E-state index contributed by atoms with van der Waals surface area (Å²) in [5, 5.41) is 6.55. The normalized spacial score (nSPS) is 27.0. The summed E-state index contributed by atoms with van der Waals surface area (Å²) in [4.78, 5) is 26.7. The number of morpholine rings is 1. The van der Waals surface area contributed by atoms with Crippen LogP contribution in [-0.4, -0.2) is 61.6 Å². The van der Waals surface area contributed by atoms with Crippen LogP contribution in [0.25, 0.3) is 0 Å². The molecule has 2 saturated heterocycles. The fourth-order valence-corrected chi connectivity index (χ4v) is 4.05. The van der Waals surface area contributed by atoms with Crippen molar-refractivity contribution in [2.24, 2.45) is 5.92 Å². The highest BCUT2D eigenvalue weighted by atomic mass is 16.5. The van der Waals surface area contributed by atoms with Crippen LogP contribution in [0.4, 0.5) is 0 Å². The van der Waals surface area contributed by atoms with Crippen molar-refractivity contribution in [2.45, 2.75) is 63.5 Å². The molecule has 3 fully saturated rings. The third-order valence-corrected chi connectivity index (χ3v) is 5.59. The third-order valence-electron chi connectivity index (χ3n) is 5.59. The van der Waals surface area contributed by atoms with Gasteiger partial charge < -0.3 is 20.3 Å². The smallest absolute Gasteiger partial charge is 0.224 e. The molecule has 1 saturated carbocycles. The number of hydrogen-bond acceptors (Lipinski definition) is 4. The van der Waals surface area contributed by atoms with Gasteiger partial charge in [-0.25, -0.2) is 0 Å². The van der Waals surface area contributed by atoms with Gasteiger partial charge >= 0.3 is 0 Å². The SMILES string of the molecule is O=C(NC1CCCCC1)C1CCN(C(=O)CC2COCCN2)CC1. The minimum Gasteiger partial charge on any atom is -0.378 e. The average Bonchev–Trinajstić information content (AvgIpc) is 2.63. The van der Waals surface area contributed by atoms with Crippen molar-refractivity contribution >= 4 is 11.8 Å². The second kappa shape index (κ2) is 8.81. The fourth-order valence-electron chi connectivity index (χ4n) is 4.05. The Morgan fingerprint density at radius 1 is 1.08 bits per heavy atom. The standard InChI is InChI=1S/C18H31N3O3/c22-17(12-16-13-24-11-8-19-16)21-9-6-14(7-10-21)18(23)20-15-4-2-1-3-5-15/h14-16,19H,1-13H2,(H,20,23). The Labute approximate surface area is 144 Å². The minimum atomic E-state index is 0.0760. The highest BCUT2D eigenvalue weighted by Crippen LogP contribution is 2.21. The van der Waals surface area contributed by atoms with E-state index in [1.54, 1.807) is 0 Å². The average molecular weight is 337 g/mol. The molecule has 0 aromatic carbocycles. The maximum Gasteiger partial charge on any atom is 0.224 e. The summed E-state index contributed by atoms with van der Waals surface area (Å²) in [5.41, 5.74) is 0. The van der Waals surface area contributed by atoms with Crippen LogP contribution < -0.4 is 10.6 Å². The Balaban J connectivity index is 1.38. The Bertz CT molecular complexity index is 383. The van der Waals surface area contributed by atoms with Crippen molar-refractivity contribution in [1.82, 2.24) is 15.5 Å². The van der Waals surface area contributed by atoms with Crippen molar-refractivity contribution in [3.05, 3.63) is 0 Å². The summed E-state index contributed by atoms with van der Waals surface area (Å²) < 4.78 is 5.40. The number of amides is 2. The van der Waals surface area contributed by atoms with Gasteiger partial charge in [-0.05, 0) is 25.7 Å². The van der Waals surface area contributed by atoms with Gasteiger partial charge in [-0.3, -0.25) is 9.59 Å². The van der Waals surface area contributed by atoms with Crippen LogP contribution in [0.2, 0.25) is 0 Å². The van der Waals surface area contributed by atoms with E-state index >= 15 is 0 Å². The number of nitrogens with zero attached hydrogens (tertiary/aromatic N) is 1. The zero-order valence-electron chi connectivity index (χ0n) is 14.6. The van der Waals surface area contributed by atoms with Crippen LogP contribution in [0.1, 0.15) is 51.4 Å². The molecule has 0 aromatic heterocycles. The van der Waals surface area contributed by atoms with Crippen molar-refractivity contribution in [3.63, 3.8) is 0 Å². The molecular weight excluding hydrogens is 306 g/mol. The van der Waals surface area contributed by atoms with Gasteiger partial charge in [0.25, 0.3) is 0 Å². The molecule has 136 valence electrons. The van der Waals surface area contributed by atoms with E-state index in [0.29, 0.717) is 32.2 Å². The number of rotatable bonds is 4. The minimum absolute atomic E-state index is 0.0760. The lowest BCUT2D eigenvalue weighted by atomic mass is 9.92. The summed E-state index contributed by atoms with van der Waals surface area (Å²) in [7, 11) is 0. The first-order valence-electron chi connectivity index (χ1n) is 9.61. The fraction of sp³-hybridized carbons (Fsp3) is 0.889. The first kappa shape index (κ1) is 17.7. The maximum absolute atomic E-state index is 12.4. The number of carbonyl (C=O) groups is 2. The molecule has 0 bridgehead atoms. The third kappa shape index (κ3) is 4.93. The van der Waals surface area contributed by atoms with E-state index in [1.165, 1.54) is 19.3 Å². The van der Waals surface area contributed by atoms with Gasteiger partial charge in [0.15, 0.2) is 0 Å². The molecular formula is C18H31N3O3. The number of piperidine rings is 1. The quantitative estimate of drug-likeness (QED) is 0.804. The second-order valence-corrected chi connectivity index (χ2v) is 7.43. The maximum atomic E-state index is 12.4. The van der Waals surface area contributed by atoms with Crippen molar-refractivity contribution < 1.29 is 14.3 Å². The first-order valence-corrected chi connectivity index (χ1v) is 9.61. The van der Waals surface area contributed by atoms with Crippen LogP contribution in [0.3, 0.4) is 0 Å². The summed E-state index contributed by atoms with van der Waals surface area (Å²) in [6, 6.07) is 0.516. The van der Waals surface area contributed by atoms with Gasteiger partial charge in [-0.15, -0.1) is 0 Å². The molecule has 0 spiro atoms. The summed E-state index contributed by atoms with van der Waals surface area (Å²) >= 11 is 0. The number of ether oxygens (including phenoxy) is 1. The van der Waals surface area contributed by atoms with Gasteiger partial charge in [0.05, 0.1) is 13.2 Å². The largest absolute Gasteiger partial charge is 0.378 e. The number of likely N-dealkylation sites (tertiary alicyclic amines) is 1. The molecule has 2 N–H and O–H groups in total. The van der Waals surface area contributed by atoms with Gasteiger partial charge in [-0.2, -0.15) is 0 Å². The molecule has 2 amide bonds. The van der Waals surface area contributed by atoms with Gasteiger partial charge in [0.2, 0.25) is 11.8 Å². The Morgan fingerprint density at radius 3 is 2.50 bits per heavy atom. The lowest BCUT2D eigenvalue weighted by Crippen LogP contribution is -2.48. The second-order valence-electron chi connectivity index (χ2n) is 7.43. The van der Waals surface area contributed by atoms with E-state index in [1.807, 2.05) is 4.90 Å². The number of nitrogens with one attached hydrogen (secondary N) is 2. The molecule has 6 heteroatoms. The summed E-state index contributed by atoms with van der Waals surface area (Å²) in [5.74, 6) is 0.465. The first-order chi connectivity index (χ1) is 11.7. The summed E-state index contributed by atoms with van der Waals surface area (Å²) in [6.45, 7) is 3.57. The Morgan fingerprint density at radius 2 is 1.83 bits per heavy atom. The van der Waals surface area contributed by atoms with E-state index in [4.69, 9.17) is 4.74 Å². The molecule has 1 unspecified atom stereocenters. The van der Waals surface area contributed by atoms with Gasteiger partial charge in [0.1, 0.15) is 0 Å². The molecule has 0 radical (unpaired) electrons. The lowest BCUT2D eigenvalue weighted by Gasteiger charge is -2.34. The van der Waals surface area contributed by atoms with E-state index in [2.05, 4.69) is 10.6 Å². The van der Waals surface area contributed by atoms with Crippen LogP contribution in [0.15, 0.2) is 0 Å². The number of hydrogen-bond donors (Lipinski definition) is 2. The molecule has 2 heterocycles. The highest BCUT2D eigenvalue weighted by molar-refractivity contribution is 5.80. The van der Waals surface area contributed by atoms with E-state index in [0.717, 1.165) is 38.8 Å². The zero-order valence-corrected chi connectivity index (χ0v) is 14.6. The van der Waals surface area contributed by atoms with E-state index in [9.17, 15) is 9.59 Å². The molecule has 1 aliphatic carbocycles. The lowest BCUT2D eigenvalue weighted by molar-refractivity contribution is -0.136. The van der Waals surface area contributed by atoms with Crippen LogP contribution >= 0.6 is 0 Å². The van der Waals surface area contributed by atoms with Gasteiger partial charge in [0, 0.05) is 44.1 Å². The monoisotopic (exact) mass is 337 g/mol. The molecule has 24 heavy (non-hydrogen) atoms. The van der Waals surface area contributed by atoms with E-state index < -0.39 is 0 Å². The molecule has 6 nitrogen and oxygen atoms in total. The topological polar surface area (TPSA) is 70.7 Å². The molecule has 1 atom stereocenters.